The number of nitrogens with one attached hydrogen (secondary N) is 2. The van der Waals surface area contributed by atoms with E-state index in [9.17, 15) is 14.7 Å². The number of pyridine rings is 1. The van der Waals surface area contributed by atoms with Crippen molar-refractivity contribution < 1.29 is 14.7 Å². The first-order chi connectivity index (χ1) is 22.6. The maximum atomic E-state index is 14.0. The fourth-order valence-corrected chi connectivity index (χ4v) is 6.14. The van der Waals surface area contributed by atoms with Crippen LogP contribution in [0.3, 0.4) is 0 Å². The van der Waals surface area contributed by atoms with Gasteiger partial charge in [0.05, 0.1) is 36.8 Å². The third-order valence-electron chi connectivity index (χ3n) is 8.05. The van der Waals surface area contributed by atoms with Crippen LogP contribution in [0.25, 0.3) is 11.1 Å². The summed E-state index contributed by atoms with van der Waals surface area (Å²) in [5.74, 6) is -0.317. The Kier molecular flexibility index (Phi) is 10.8. The molecule has 0 aliphatic carbocycles. The number of nitrogens with zero attached hydrogens (tertiary/aromatic N) is 5. The summed E-state index contributed by atoms with van der Waals surface area (Å²) in [6, 6.07) is 16.3. The van der Waals surface area contributed by atoms with Crippen LogP contribution in [0.4, 0.5) is 5.69 Å². The molecule has 3 aromatic heterocycles. The summed E-state index contributed by atoms with van der Waals surface area (Å²) >= 11 is 1.50. The highest BCUT2D eigenvalue weighted by Crippen LogP contribution is 2.24. The number of carbonyl (C=O) groups is 2. The number of carbonyl (C=O) groups excluding carboxylic acids is 2. The number of likely N-dealkylation sites (N-methyl/N-ethyl adjacent to an activating group) is 1. The number of H-pyrrole nitrogens is 1. The Morgan fingerprint density at radius 1 is 1.00 bits per heavy atom. The number of aryl methyl sites for hydroxylation is 1. The maximum absolute atomic E-state index is 14.0. The smallest absolute Gasteiger partial charge is 0.254 e. The molecule has 0 saturated heterocycles. The van der Waals surface area contributed by atoms with Crippen molar-refractivity contribution in [3.63, 3.8) is 0 Å². The number of amides is 2. The molecule has 2 aromatic carbocycles. The zero-order valence-corrected chi connectivity index (χ0v) is 28.2. The quantitative estimate of drug-likeness (QED) is 0.154. The molecule has 5 aromatic rings. The molecule has 3 heterocycles. The van der Waals surface area contributed by atoms with Crippen molar-refractivity contribution in [1.29, 1.82) is 0 Å². The van der Waals surface area contributed by atoms with Gasteiger partial charge < -0.3 is 20.2 Å². The largest absolute Gasteiger partial charge is 0.389 e. The van der Waals surface area contributed by atoms with E-state index < -0.39 is 18.1 Å². The van der Waals surface area contributed by atoms with E-state index in [4.69, 9.17) is 0 Å². The first-order valence-corrected chi connectivity index (χ1v) is 16.4. The summed E-state index contributed by atoms with van der Waals surface area (Å²) in [7, 11) is 3.62. The van der Waals surface area contributed by atoms with Crippen LogP contribution in [0.5, 0.6) is 0 Å². The molecule has 11 heteroatoms. The second-order valence-corrected chi connectivity index (χ2v) is 13.1. The Morgan fingerprint density at radius 2 is 1.77 bits per heavy atom. The second-order valence-electron chi connectivity index (χ2n) is 12.2. The Balaban J connectivity index is 1.41. The fourth-order valence-electron chi connectivity index (χ4n) is 5.31. The molecule has 0 unspecified atom stereocenters. The van der Waals surface area contributed by atoms with Crippen molar-refractivity contribution in [1.82, 2.24) is 30.4 Å². The zero-order valence-electron chi connectivity index (χ0n) is 27.3. The summed E-state index contributed by atoms with van der Waals surface area (Å²) in [5, 5.41) is 24.3. The molecule has 0 aliphatic rings. The zero-order chi connectivity index (χ0) is 33.5. The molecular formula is C36H41N7O3S. The van der Waals surface area contributed by atoms with Crippen molar-refractivity contribution in [2.75, 3.05) is 25.5 Å². The van der Waals surface area contributed by atoms with Gasteiger partial charge in [-0.1, -0.05) is 44.2 Å². The van der Waals surface area contributed by atoms with Gasteiger partial charge in [-0.3, -0.25) is 19.7 Å². The van der Waals surface area contributed by atoms with Gasteiger partial charge in [0.1, 0.15) is 5.01 Å². The van der Waals surface area contributed by atoms with Gasteiger partial charge in [0.25, 0.3) is 11.8 Å². The standard InChI is InChI=1S/C36H41N7O3S/c1-23(2)29-15-31(19-37-16-29)42(4)20-33(44)32(11-25-9-7-6-8-10-25)41-35(45)27-12-26(30-17-38-39-18-30)13-28(14-27)36(46)43(5)21-34-40-24(3)22-47-34/h6-10,12-19,22-23,32-33,44H,11,20-21H2,1-5H3,(H,38,39)(H,41,45)/t32-,33+/m0/s1. The topological polar surface area (TPSA) is 127 Å². The van der Waals surface area contributed by atoms with E-state index in [1.165, 1.54) is 11.3 Å². The van der Waals surface area contributed by atoms with Gasteiger partial charge in [-0.05, 0) is 60.2 Å². The molecule has 0 spiro atoms. The van der Waals surface area contributed by atoms with E-state index in [2.05, 4.69) is 45.4 Å². The summed E-state index contributed by atoms with van der Waals surface area (Å²) in [5.41, 5.74) is 5.95. The predicted octanol–water partition coefficient (Wildman–Crippen LogP) is 5.47. The number of hydrogen-bond acceptors (Lipinski definition) is 8. The van der Waals surface area contributed by atoms with Crippen LogP contribution >= 0.6 is 11.3 Å². The number of aromatic nitrogens is 4. The third-order valence-corrected chi connectivity index (χ3v) is 9.00. The summed E-state index contributed by atoms with van der Waals surface area (Å²) < 4.78 is 0. The lowest BCUT2D eigenvalue weighted by Gasteiger charge is -2.29. The van der Waals surface area contributed by atoms with Crippen LogP contribution in [0.15, 0.2) is 84.8 Å². The SMILES string of the molecule is Cc1csc(CN(C)C(=O)c2cc(C(=O)N[C@@H](Cc3ccccc3)[C@H](O)CN(C)c3cncc(C(C)C)c3)cc(-c3cn[nH]c3)c2)n1. The van der Waals surface area contributed by atoms with E-state index in [-0.39, 0.29) is 12.5 Å². The van der Waals surface area contributed by atoms with Gasteiger partial charge in [-0.2, -0.15) is 5.10 Å². The van der Waals surface area contributed by atoms with Gasteiger partial charge in [-0.25, -0.2) is 4.98 Å². The molecule has 2 atom stereocenters. The molecule has 0 aliphatic heterocycles. The van der Waals surface area contributed by atoms with E-state index in [0.717, 1.165) is 33.1 Å². The Hall–Kier alpha value is -4.87. The number of hydrogen-bond donors (Lipinski definition) is 3. The molecule has 0 fully saturated rings. The number of anilines is 1. The number of aromatic amines is 1. The van der Waals surface area contributed by atoms with Crippen LogP contribution in [0, 0.1) is 6.92 Å². The molecular weight excluding hydrogens is 611 g/mol. The highest BCUT2D eigenvalue weighted by Gasteiger charge is 2.26. The van der Waals surface area contributed by atoms with Crippen LogP contribution in [0.1, 0.15) is 62.3 Å². The molecule has 0 bridgehead atoms. The first-order valence-electron chi connectivity index (χ1n) is 15.6. The van der Waals surface area contributed by atoms with Crippen molar-refractivity contribution in [2.45, 2.75) is 51.8 Å². The molecule has 47 heavy (non-hydrogen) atoms. The van der Waals surface area contributed by atoms with Crippen molar-refractivity contribution in [2.24, 2.45) is 0 Å². The lowest BCUT2D eigenvalue weighted by atomic mass is 9.98. The third kappa shape index (κ3) is 8.69. The van der Waals surface area contributed by atoms with Crippen molar-refractivity contribution in [3.8, 4) is 11.1 Å². The molecule has 3 N–H and O–H groups in total. The highest BCUT2D eigenvalue weighted by molar-refractivity contribution is 7.09. The van der Waals surface area contributed by atoms with E-state index in [1.807, 2.05) is 60.8 Å². The predicted molar refractivity (Wildman–Crippen MR) is 186 cm³/mol. The average Bonchev–Trinajstić information content (AvgIpc) is 3.76. The number of aliphatic hydroxyl groups excluding tert-OH is 1. The van der Waals surface area contributed by atoms with Crippen LogP contribution in [-0.2, 0) is 13.0 Å². The minimum atomic E-state index is -0.919. The minimum absolute atomic E-state index is 0.239. The monoisotopic (exact) mass is 651 g/mol. The Labute approximate surface area is 279 Å². The van der Waals surface area contributed by atoms with E-state index in [1.54, 1.807) is 48.7 Å². The fraction of sp³-hybridized carbons (Fsp3) is 0.306. The molecule has 10 nitrogen and oxygen atoms in total. The van der Waals surface area contributed by atoms with Crippen molar-refractivity contribution >= 4 is 28.8 Å². The number of aliphatic hydroxyl groups is 1. The minimum Gasteiger partial charge on any atom is -0.389 e. The lowest BCUT2D eigenvalue weighted by molar-refractivity contribution is 0.0785. The Bertz CT molecular complexity index is 1790. The van der Waals surface area contributed by atoms with Crippen molar-refractivity contribution in [3.05, 3.63) is 118 Å². The summed E-state index contributed by atoms with van der Waals surface area (Å²) in [6.07, 6.45) is 6.48. The number of thiazole rings is 1. The maximum Gasteiger partial charge on any atom is 0.254 e. The number of benzene rings is 2. The highest BCUT2D eigenvalue weighted by atomic mass is 32.1. The van der Waals surface area contributed by atoms with Crippen LogP contribution in [0.2, 0.25) is 0 Å². The van der Waals surface area contributed by atoms with E-state index >= 15 is 0 Å². The summed E-state index contributed by atoms with van der Waals surface area (Å²) in [6.45, 7) is 6.76. The normalized spacial score (nSPS) is 12.5. The van der Waals surface area contributed by atoms with Gasteiger partial charge in [-0.15, -0.1) is 11.3 Å². The lowest BCUT2D eigenvalue weighted by Crippen LogP contribution is -2.49. The molecule has 5 rings (SSSR count). The van der Waals surface area contributed by atoms with E-state index in [0.29, 0.717) is 35.6 Å². The molecule has 0 saturated carbocycles. The van der Waals surface area contributed by atoms with Gasteiger partial charge in [0, 0.05) is 60.8 Å². The van der Waals surface area contributed by atoms with Gasteiger partial charge >= 0.3 is 0 Å². The van der Waals surface area contributed by atoms with Crippen LogP contribution < -0.4 is 10.2 Å². The molecule has 2 amide bonds. The van der Waals surface area contributed by atoms with Gasteiger partial charge in [0.15, 0.2) is 0 Å². The molecule has 244 valence electrons. The number of rotatable bonds is 13. The van der Waals surface area contributed by atoms with Crippen LogP contribution in [-0.4, -0.2) is 74.8 Å². The Morgan fingerprint density at radius 3 is 2.45 bits per heavy atom. The summed E-state index contributed by atoms with van der Waals surface area (Å²) in [4.78, 5) is 40.0. The second kappa shape index (κ2) is 15.1. The average molecular weight is 652 g/mol. The molecule has 0 radical (unpaired) electrons. The first kappa shape index (κ1) is 33.5. The van der Waals surface area contributed by atoms with Gasteiger partial charge in [0.2, 0.25) is 0 Å².